The summed E-state index contributed by atoms with van der Waals surface area (Å²) in [6, 6.07) is 15.5. The number of fused-ring (bicyclic) bond motifs is 1. The summed E-state index contributed by atoms with van der Waals surface area (Å²) in [6.07, 6.45) is 2.40. The lowest BCUT2D eigenvalue weighted by Gasteiger charge is -2.37. The Bertz CT molecular complexity index is 982. The Morgan fingerprint density at radius 2 is 2.04 bits per heavy atom. The summed E-state index contributed by atoms with van der Waals surface area (Å²) >= 11 is 1.65. The highest BCUT2D eigenvalue weighted by atomic mass is 32.2. The molecule has 1 saturated heterocycles. The van der Waals surface area contributed by atoms with Crippen molar-refractivity contribution in [3.05, 3.63) is 54.1 Å². The molecule has 0 saturated carbocycles. The molecule has 0 aliphatic carbocycles. The molecule has 3 aromatic rings. The van der Waals surface area contributed by atoms with Gasteiger partial charge >= 0.3 is 6.09 Å². The number of aromatic amines is 1. The Morgan fingerprint density at radius 3 is 2.82 bits per heavy atom. The number of nitrogens with one attached hydrogen (secondary N) is 2. The van der Waals surface area contributed by atoms with Gasteiger partial charge in [0.05, 0.1) is 11.1 Å². The second kappa shape index (κ2) is 7.83. The number of para-hydroxylation sites is 1. The number of anilines is 1. The van der Waals surface area contributed by atoms with Gasteiger partial charge < -0.3 is 9.94 Å². The Kier molecular flexibility index (Phi) is 5.25. The molecule has 0 atom stereocenters. The van der Waals surface area contributed by atoms with Crippen molar-refractivity contribution in [1.82, 2.24) is 15.3 Å². The van der Waals surface area contributed by atoms with Crippen LogP contribution >= 0.6 is 11.8 Å². The minimum Gasteiger partial charge on any atom is -0.385 e. The molecule has 3 N–H and O–H groups in total. The summed E-state index contributed by atoms with van der Waals surface area (Å²) in [7, 11) is 0. The molecule has 0 bridgehead atoms. The van der Waals surface area contributed by atoms with E-state index in [4.69, 9.17) is 4.84 Å². The Labute approximate surface area is 167 Å². The van der Waals surface area contributed by atoms with E-state index in [1.54, 1.807) is 16.8 Å². The molecule has 1 aliphatic rings. The van der Waals surface area contributed by atoms with E-state index in [2.05, 4.69) is 15.5 Å². The number of aliphatic hydroxyl groups is 1. The van der Waals surface area contributed by atoms with Crippen LogP contribution in [0.4, 0.5) is 10.6 Å². The summed E-state index contributed by atoms with van der Waals surface area (Å²) in [5.74, 6) is 0.433. The second-order valence-electron chi connectivity index (χ2n) is 6.81. The van der Waals surface area contributed by atoms with Gasteiger partial charge in [0.1, 0.15) is 0 Å². The number of piperidine rings is 1. The maximum absolute atomic E-state index is 12.2. The number of rotatable bonds is 4. The molecule has 0 radical (unpaired) electrons. The number of hydrogen-bond donors (Lipinski definition) is 3. The molecule has 1 fully saturated rings. The number of H-pyrrole nitrogens is 1. The Hall–Kier alpha value is -2.55. The minimum atomic E-state index is -0.902. The molecule has 28 heavy (non-hydrogen) atoms. The van der Waals surface area contributed by atoms with Crippen LogP contribution in [0, 0.1) is 0 Å². The molecule has 2 aromatic carbocycles. The topological polar surface area (TPSA) is 90.5 Å². The summed E-state index contributed by atoms with van der Waals surface area (Å²) in [5.41, 5.74) is 0.847. The predicted octanol–water partition coefficient (Wildman–Crippen LogP) is 3.73. The zero-order valence-corrected chi connectivity index (χ0v) is 16.3. The van der Waals surface area contributed by atoms with Crippen molar-refractivity contribution in [2.75, 3.05) is 24.7 Å². The standard InChI is InChI=1S/C20H22N4O3S/c1-28-15-6-4-5-14(13-15)20(26)9-11-24(12-10-20)27-19(25)21-18-16-7-2-3-8-17(16)22-23-18/h2-8,13,26H,9-12H2,1H3,(H2,21,22,23,25). The quantitative estimate of drug-likeness (QED) is 0.580. The number of carbonyl (C=O) groups excluding carboxylic acids is 1. The first kappa shape index (κ1) is 18.8. The minimum absolute atomic E-state index is 0.433. The Morgan fingerprint density at radius 1 is 1.25 bits per heavy atom. The fourth-order valence-electron chi connectivity index (χ4n) is 3.44. The van der Waals surface area contributed by atoms with E-state index in [-0.39, 0.29) is 0 Å². The van der Waals surface area contributed by atoms with E-state index in [1.807, 2.05) is 54.8 Å². The number of thioether (sulfide) groups is 1. The maximum atomic E-state index is 12.2. The van der Waals surface area contributed by atoms with Crippen molar-refractivity contribution >= 4 is 34.6 Å². The van der Waals surface area contributed by atoms with Crippen LogP contribution < -0.4 is 5.32 Å². The molecule has 0 unspecified atom stereocenters. The first-order valence-electron chi connectivity index (χ1n) is 9.11. The van der Waals surface area contributed by atoms with Crippen LogP contribution in [0.3, 0.4) is 0 Å². The highest BCUT2D eigenvalue weighted by Gasteiger charge is 2.35. The highest BCUT2D eigenvalue weighted by Crippen LogP contribution is 2.34. The average Bonchev–Trinajstić information content (AvgIpc) is 3.13. The summed E-state index contributed by atoms with van der Waals surface area (Å²) in [6.45, 7) is 0.906. The number of benzene rings is 2. The van der Waals surface area contributed by atoms with Gasteiger partial charge in [-0.1, -0.05) is 24.3 Å². The van der Waals surface area contributed by atoms with Gasteiger partial charge in [-0.15, -0.1) is 16.8 Å². The van der Waals surface area contributed by atoms with E-state index in [9.17, 15) is 9.90 Å². The van der Waals surface area contributed by atoms with Crippen LogP contribution in [-0.2, 0) is 10.4 Å². The fraction of sp³-hybridized carbons (Fsp3) is 0.300. The lowest BCUT2D eigenvalue weighted by atomic mass is 9.85. The molecular weight excluding hydrogens is 376 g/mol. The van der Waals surface area contributed by atoms with Crippen LogP contribution in [0.1, 0.15) is 18.4 Å². The molecule has 7 nitrogen and oxygen atoms in total. The molecule has 1 amide bonds. The van der Waals surface area contributed by atoms with Crippen molar-refractivity contribution in [2.45, 2.75) is 23.3 Å². The van der Waals surface area contributed by atoms with E-state index >= 15 is 0 Å². The summed E-state index contributed by atoms with van der Waals surface area (Å²) in [5, 5.41) is 23.1. The number of amides is 1. The van der Waals surface area contributed by atoms with Crippen LogP contribution in [0.5, 0.6) is 0 Å². The SMILES string of the molecule is CSc1cccc(C2(O)CCN(OC(=O)Nc3n[nH]c4ccccc34)CC2)c1. The Balaban J connectivity index is 1.35. The van der Waals surface area contributed by atoms with Crippen molar-refractivity contribution in [1.29, 1.82) is 0 Å². The first-order chi connectivity index (χ1) is 13.6. The molecule has 8 heteroatoms. The van der Waals surface area contributed by atoms with Gasteiger partial charge in [0, 0.05) is 23.4 Å². The number of carbonyl (C=O) groups is 1. The van der Waals surface area contributed by atoms with Crippen molar-refractivity contribution in [3.63, 3.8) is 0 Å². The molecule has 4 rings (SSSR count). The molecule has 146 valence electrons. The molecule has 1 aliphatic heterocycles. The molecular formula is C20H22N4O3S. The van der Waals surface area contributed by atoms with E-state index in [1.165, 1.54) is 0 Å². The van der Waals surface area contributed by atoms with Gasteiger partial charge in [-0.05, 0) is 48.9 Å². The largest absolute Gasteiger partial charge is 0.432 e. The molecule has 1 aromatic heterocycles. The average molecular weight is 398 g/mol. The van der Waals surface area contributed by atoms with Crippen molar-refractivity contribution in [3.8, 4) is 0 Å². The lowest BCUT2D eigenvalue weighted by Crippen LogP contribution is -2.43. The fourth-order valence-corrected chi connectivity index (χ4v) is 3.90. The summed E-state index contributed by atoms with van der Waals surface area (Å²) < 4.78 is 0. The van der Waals surface area contributed by atoms with Gasteiger partial charge in [-0.25, -0.2) is 4.79 Å². The molecule has 0 spiro atoms. The van der Waals surface area contributed by atoms with Gasteiger partial charge in [0.2, 0.25) is 0 Å². The molecule has 2 heterocycles. The lowest BCUT2D eigenvalue weighted by molar-refractivity contribution is -0.148. The van der Waals surface area contributed by atoms with Crippen molar-refractivity contribution < 1.29 is 14.7 Å². The van der Waals surface area contributed by atoms with Crippen molar-refractivity contribution in [2.24, 2.45) is 0 Å². The third-order valence-corrected chi connectivity index (χ3v) is 5.78. The first-order valence-corrected chi connectivity index (χ1v) is 10.3. The smallest absolute Gasteiger partial charge is 0.385 e. The number of aromatic nitrogens is 2. The van der Waals surface area contributed by atoms with E-state index < -0.39 is 11.7 Å². The van der Waals surface area contributed by atoms with Crippen LogP contribution in [0.25, 0.3) is 10.9 Å². The third-order valence-electron chi connectivity index (χ3n) is 5.06. The summed E-state index contributed by atoms with van der Waals surface area (Å²) in [4.78, 5) is 18.8. The zero-order chi connectivity index (χ0) is 19.6. The number of hydrogen-bond acceptors (Lipinski definition) is 6. The monoisotopic (exact) mass is 398 g/mol. The number of nitrogens with zero attached hydrogens (tertiary/aromatic N) is 2. The normalized spacial score (nSPS) is 16.8. The zero-order valence-electron chi connectivity index (χ0n) is 15.5. The second-order valence-corrected chi connectivity index (χ2v) is 7.69. The van der Waals surface area contributed by atoms with Gasteiger partial charge in [0.15, 0.2) is 5.82 Å². The van der Waals surface area contributed by atoms with Crippen LogP contribution in [-0.4, -0.2) is 45.8 Å². The van der Waals surface area contributed by atoms with Gasteiger partial charge in [-0.2, -0.15) is 5.10 Å². The predicted molar refractivity (Wildman–Crippen MR) is 109 cm³/mol. The third kappa shape index (κ3) is 3.84. The van der Waals surface area contributed by atoms with Gasteiger partial charge in [-0.3, -0.25) is 10.4 Å². The number of hydroxylamine groups is 2. The van der Waals surface area contributed by atoms with E-state index in [0.717, 1.165) is 21.4 Å². The van der Waals surface area contributed by atoms with E-state index in [0.29, 0.717) is 31.7 Å². The van der Waals surface area contributed by atoms with Gasteiger partial charge in [0.25, 0.3) is 0 Å². The van der Waals surface area contributed by atoms with Crippen LogP contribution in [0.15, 0.2) is 53.4 Å². The van der Waals surface area contributed by atoms with Crippen LogP contribution in [0.2, 0.25) is 0 Å². The maximum Gasteiger partial charge on any atom is 0.432 e. The highest BCUT2D eigenvalue weighted by molar-refractivity contribution is 7.98.